The number of rotatable bonds is 9. The van der Waals surface area contributed by atoms with E-state index < -0.39 is 22.5 Å². The molecule has 1 fully saturated rings. The van der Waals surface area contributed by atoms with Crippen molar-refractivity contribution in [1.82, 2.24) is 10.2 Å². The summed E-state index contributed by atoms with van der Waals surface area (Å²) in [5.74, 6) is -0.368. The minimum atomic E-state index is -0.721. The van der Waals surface area contributed by atoms with Gasteiger partial charge in [0.2, 0.25) is 5.91 Å². The average Bonchev–Trinajstić information content (AvgIpc) is 3.49. The monoisotopic (exact) mass is 474 g/mol. The van der Waals surface area contributed by atoms with E-state index in [1.165, 1.54) is 0 Å². The molecule has 0 unspecified atom stereocenters. The molecule has 0 spiro atoms. The largest absolute Gasteiger partial charge is 0.465 e. The van der Waals surface area contributed by atoms with Crippen molar-refractivity contribution in [3.8, 4) is 0 Å². The van der Waals surface area contributed by atoms with Gasteiger partial charge in [0.1, 0.15) is 5.60 Å². The number of likely N-dealkylation sites (N-methyl/N-ethyl adjacent to an activating group) is 1. The molecule has 0 aromatic heterocycles. The summed E-state index contributed by atoms with van der Waals surface area (Å²) >= 11 is 0. The van der Waals surface area contributed by atoms with Gasteiger partial charge in [-0.25, -0.2) is 4.79 Å². The third-order valence-corrected chi connectivity index (χ3v) is 6.20. The van der Waals surface area contributed by atoms with Crippen LogP contribution < -0.4 is 5.32 Å². The number of carbonyl (C=O) groups excluding carboxylic acids is 3. The van der Waals surface area contributed by atoms with E-state index in [1.54, 1.807) is 20.8 Å². The Kier molecular flexibility index (Phi) is 8.78. The van der Waals surface area contributed by atoms with Crippen molar-refractivity contribution in [3.05, 3.63) is 35.9 Å². The van der Waals surface area contributed by atoms with Crippen LogP contribution in [0.1, 0.15) is 73.8 Å². The van der Waals surface area contributed by atoms with Crippen LogP contribution in [0.3, 0.4) is 0 Å². The molecular formula is C27H42N2O5. The summed E-state index contributed by atoms with van der Waals surface area (Å²) in [6.07, 6.45) is 0.468. The molecule has 7 heteroatoms. The van der Waals surface area contributed by atoms with E-state index in [0.29, 0.717) is 25.9 Å². The quantitative estimate of drug-likeness (QED) is 0.525. The molecule has 0 radical (unpaired) electrons. The Bertz CT molecular complexity index is 852. The average molecular weight is 475 g/mol. The van der Waals surface area contributed by atoms with Gasteiger partial charge in [-0.05, 0) is 73.3 Å². The van der Waals surface area contributed by atoms with Crippen LogP contribution in [0.2, 0.25) is 0 Å². The van der Waals surface area contributed by atoms with Crippen LogP contribution in [0.4, 0.5) is 4.79 Å². The number of esters is 1. The Hall–Kier alpha value is -2.57. The number of hydrogen-bond donors (Lipinski definition) is 1. The van der Waals surface area contributed by atoms with Crippen molar-refractivity contribution < 1.29 is 23.9 Å². The van der Waals surface area contributed by atoms with E-state index in [2.05, 4.69) is 5.32 Å². The SMILES string of the molecule is CCN(CC)C(=O)[C@@]1(c2ccccc2)C[C@H]1[C@H](CCOC(=O)C(C)(C)C)NC(=O)OC(C)(C)C. The summed E-state index contributed by atoms with van der Waals surface area (Å²) in [4.78, 5) is 40.5. The Morgan fingerprint density at radius 2 is 1.65 bits per heavy atom. The van der Waals surface area contributed by atoms with Crippen LogP contribution in [0.25, 0.3) is 0 Å². The number of carbonyl (C=O) groups is 3. The lowest BCUT2D eigenvalue weighted by Gasteiger charge is -2.29. The molecule has 1 saturated carbocycles. The van der Waals surface area contributed by atoms with Gasteiger partial charge in [-0.3, -0.25) is 9.59 Å². The third kappa shape index (κ3) is 6.73. The fraction of sp³-hybridized carbons (Fsp3) is 0.667. The highest BCUT2D eigenvalue weighted by Crippen LogP contribution is 2.57. The van der Waals surface area contributed by atoms with Gasteiger partial charge in [-0.15, -0.1) is 0 Å². The zero-order valence-electron chi connectivity index (χ0n) is 22.1. The fourth-order valence-electron chi connectivity index (χ4n) is 4.33. The highest BCUT2D eigenvalue weighted by molar-refractivity contribution is 5.92. The Labute approximate surface area is 204 Å². The molecule has 2 amide bonds. The van der Waals surface area contributed by atoms with Crippen LogP contribution in [0.5, 0.6) is 0 Å². The first-order valence-electron chi connectivity index (χ1n) is 12.3. The van der Waals surface area contributed by atoms with Crippen LogP contribution >= 0.6 is 0 Å². The molecule has 7 nitrogen and oxygen atoms in total. The molecule has 0 aliphatic heterocycles. The van der Waals surface area contributed by atoms with Crippen molar-refractivity contribution in [1.29, 1.82) is 0 Å². The Morgan fingerprint density at radius 3 is 2.15 bits per heavy atom. The second-order valence-corrected chi connectivity index (χ2v) is 11.1. The molecule has 0 heterocycles. The number of ether oxygens (including phenoxy) is 2. The fourth-order valence-corrected chi connectivity index (χ4v) is 4.33. The maximum atomic E-state index is 13.7. The number of amides is 2. The first-order valence-corrected chi connectivity index (χ1v) is 12.3. The number of nitrogens with zero attached hydrogens (tertiary/aromatic N) is 1. The lowest BCUT2D eigenvalue weighted by molar-refractivity contribution is -0.153. The van der Waals surface area contributed by atoms with E-state index in [0.717, 1.165) is 5.56 Å². The van der Waals surface area contributed by atoms with Gasteiger partial charge < -0.3 is 19.7 Å². The van der Waals surface area contributed by atoms with Gasteiger partial charge in [0.15, 0.2) is 0 Å². The summed E-state index contributed by atoms with van der Waals surface area (Å²) in [6, 6.07) is 9.37. The zero-order chi connectivity index (χ0) is 25.7. The smallest absolute Gasteiger partial charge is 0.407 e. The minimum Gasteiger partial charge on any atom is -0.465 e. The number of alkyl carbamates (subject to hydrolysis) is 1. The maximum absolute atomic E-state index is 13.7. The molecule has 1 aliphatic carbocycles. The number of benzene rings is 1. The summed E-state index contributed by atoms with van der Waals surface area (Å²) in [6.45, 7) is 16.2. The van der Waals surface area contributed by atoms with Crippen molar-refractivity contribution >= 4 is 18.0 Å². The molecule has 0 saturated heterocycles. The topological polar surface area (TPSA) is 84.9 Å². The van der Waals surface area contributed by atoms with Crippen molar-refractivity contribution in [2.24, 2.45) is 11.3 Å². The van der Waals surface area contributed by atoms with E-state index >= 15 is 0 Å². The summed E-state index contributed by atoms with van der Waals surface area (Å²) in [5, 5.41) is 2.98. The molecular weight excluding hydrogens is 432 g/mol. The molecule has 0 bridgehead atoms. The lowest BCUT2D eigenvalue weighted by Crippen LogP contribution is -2.46. The molecule has 1 aliphatic rings. The molecule has 2 rings (SSSR count). The van der Waals surface area contributed by atoms with E-state index in [-0.39, 0.29) is 30.4 Å². The highest BCUT2D eigenvalue weighted by atomic mass is 16.6. The summed E-state index contributed by atoms with van der Waals surface area (Å²) in [7, 11) is 0. The van der Waals surface area contributed by atoms with Gasteiger partial charge >= 0.3 is 12.1 Å². The molecule has 190 valence electrons. The van der Waals surface area contributed by atoms with Gasteiger partial charge in [-0.2, -0.15) is 0 Å². The van der Waals surface area contributed by atoms with Gasteiger partial charge in [0.25, 0.3) is 0 Å². The number of nitrogens with one attached hydrogen (secondary N) is 1. The molecule has 1 aromatic rings. The second kappa shape index (κ2) is 10.8. The highest BCUT2D eigenvalue weighted by Gasteiger charge is 2.64. The predicted octanol–water partition coefficient (Wildman–Crippen LogP) is 4.69. The van der Waals surface area contributed by atoms with E-state index in [1.807, 2.05) is 69.9 Å². The lowest BCUT2D eigenvalue weighted by atomic mass is 9.88. The van der Waals surface area contributed by atoms with Gasteiger partial charge in [-0.1, -0.05) is 30.3 Å². The molecule has 1 N–H and O–H groups in total. The van der Waals surface area contributed by atoms with Gasteiger partial charge in [0.05, 0.1) is 17.4 Å². The summed E-state index contributed by atoms with van der Waals surface area (Å²) in [5.41, 5.74) is -1.04. The summed E-state index contributed by atoms with van der Waals surface area (Å²) < 4.78 is 11.0. The van der Waals surface area contributed by atoms with Crippen LogP contribution in [-0.4, -0.2) is 54.2 Å². The van der Waals surface area contributed by atoms with Crippen LogP contribution in [0, 0.1) is 11.3 Å². The van der Waals surface area contributed by atoms with E-state index in [9.17, 15) is 14.4 Å². The van der Waals surface area contributed by atoms with Crippen LogP contribution in [-0.2, 0) is 24.5 Å². The van der Waals surface area contributed by atoms with Crippen molar-refractivity contribution in [3.63, 3.8) is 0 Å². The van der Waals surface area contributed by atoms with Gasteiger partial charge in [0, 0.05) is 25.6 Å². The predicted molar refractivity (Wildman–Crippen MR) is 132 cm³/mol. The molecule has 1 aromatic carbocycles. The molecule has 34 heavy (non-hydrogen) atoms. The van der Waals surface area contributed by atoms with Crippen molar-refractivity contribution in [2.75, 3.05) is 19.7 Å². The standard InChI is InChI=1S/C27H42N2O5/c1-9-29(10-2)22(30)27(19-14-12-11-13-15-19)18-20(27)21(28-24(32)34-26(6,7)8)16-17-33-23(31)25(3,4)5/h11-15,20-21H,9-10,16-18H2,1-8H3,(H,28,32)/t20-,21-,27+/m0/s1. The van der Waals surface area contributed by atoms with Crippen molar-refractivity contribution in [2.45, 2.75) is 85.3 Å². The third-order valence-electron chi connectivity index (χ3n) is 6.20. The maximum Gasteiger partial charge on any atom is 0.407 e. The number of hydrogen-bond acceptors (Lipinski definition) is 5. The van der Waals surface area contributed by atoms with E-state index in [4.69, 9.17) is 9.47 Å². The van der Waals surface area contributed by atoms with Crippen LogP contribution in [0.15, 0.2) is 30.3 Å². The zero-order valence-corrected chi connectivity index (χ0v) is 22.1. The minimum absolute atomic E-state index is 0.0661. The normalized spacial score (nSPS) is 20.8. The first-order chi connectivity index (χ1) is 15.8. The Balaban J connectivity index is 2.32. The second-order valence-electron chi connectivity index (χ2n) is 11.1. The Morgan fingerprint density at radius 1 is 1.06 bits per heavy atom. The molecule has 3 atom stereocenters. The first kappa shape index (κ1) is 27.7.